The van der Waals surface area contributed by atoms with Gasteiger partial charge in [-0.15, -0.1) is 0 Å². The number of nitrogens with zero attached hydrogens (tertiary/aromatic N) is 2. The van der Waals surface area contributed by atoms with Gasteiger partial charge < -0.3 is 9.69 Å². The number of aryl methyl sites for hydroxylation is 1. The second-order valence-corrected chi connectivity index (χ2v) is 4.73. The summed E-state index contributed by atoms with van der Waals surface area (Å²) in [7, 11) is 0. The zero-order valence-corrected chi connectivity index (χ0v) is 10.3. The van der Waals surface area contributed by atoms with Crippen molar-refractivity contribution in [3.8, 4) is 0 Å². The van der Waals surface area contributed by atoms with Crippen molar-refractivity contribution < 1.29 is 9.72 Å². The van der Waals surface area contributed by atoms with Crippen molar-refractivity contribution in [3.63, 3.8) is 0 Å². The van der Waals surface area contributed by atoms with Crippen LogP contribution in [0.25, 0.3) is 0 Å². The van der Waals surface area contributed by atoms with Crippen LogP contribution in [0.5, 0.6) is 0 Å². The highest BCUT2D eigenvalue weighted by Gasteiger charge is 2.25. The summed E-state index contributed by atoms with van der Waals surface area (Å²) in [4.78, 5) is 23.5. The summed E-state index contributed by atoms with van der Waals surface area (Å²) in [5, 5.41) is 11.0. The summed E-state index contributed by atoms with van der Waals surface area (Å²) in [6.45, 7) is 3.26. The monoisotopic (exact) mass is 248 g/mol. The summed E-state index contributed by atoms with van der Waals surface area (Å²) in [5.74, 6) is -0.0149. The zero-order chi connectivity index (χ0) is 13.1. The average molecular weight is 248 g/mol. The van der Waals surface area contributed by atoms with Crippen molar-refractivity contribution in [2.75, 3.05) is 18.0 Å². The molecule has 5 nitrogen and oxygen atoms in total. The Hall–Kier alpha value is -1.91. The first-order valence-corrected chi connectivity index (χ1v) is 6.07. The zero-order valence-electron chi connectivity index (χ0n) is 10.3. The Morgan fingerprint density at radius 1 is 1.50 bits per heavy atom. The quantitative estimate of drug-likeness (QED) is 0.468. The number of hydrogen-bond donors (Lipinski definition) is 0. The molecule has 5 heteroatoms. The number of aldehydes is 1. The van der Waals surface area contributed by atoms with Crippen LogP contribution in [0.1, 0.15) is 18.4 Å². The lowest BCUT2D eigenvalue weighted by Crippen LogP contribution is -2.36. The van der Waals surface area contributed by atoms with E-state index in [2.05, 4.69) is 0 Å². The van der Waals surface area contributed by atoms with Gasteiger partial charge in [-0.2, -0.15) is 0 Å². The first-order chi connectivity index (χ1) is 8.61. The van der Waals surface area contributed by atoms with Crippen molar-refractivity contribution in [2.24, 2.45) is 5.92 Å². The van der Waals surface area contributed by atoms with Gasteiger partial charge in [0.25, 0.3) is 5.69 Å². The Labute approximate surface area is 106 Å². The molecule has 1 saturated heterocycles. The van der Waals surface area contributed by atoms with Crippen LogP contribution < -0.4 is 4.90 Å². The van der Waals surface area contributed by atoms with Gasteiger partial charge in [0.05, 0.1) is 4.92 Å². The number of benzene rings is 1. The van der Waals surface area contributed by atoms with Gasteiger partial charge in [-0.1, -0.05) is 6.07 Å². The summed E-state index contributed by atoms with van der Waals surface area (Å²) in [6.07, 6.45) is 2.72. The van der Waals surface area contributed by atoms with Gasteiger partial charge in [0.1, 0.15) is 12.0 Å². The minimum atomic E-state index is -0.362. The summed E-state index contributed by atoms with van der Waals surface area (Å²) in [5.41, 5.74) is 1.74. The minimum Gasteiger partial charge on any atom is -0.365 e. The second-order valence-electron chi connectivity index (χ2n) is 4.73. The Kier molecular flexibility index (Phi) is 3.60. The lowest BCUT2D eigenvalue weighted by Gasteiger charge is -2.31. The predicted molar refractivity (Wildman–Crippen MR) is 68.8 cm³/mol. The number of nitro groups is 1. The maximum atomic E-state index is 11.0. The number of anilines is 1. The van der Waals surface area contributed by atoms with Crippen LogP contribution >= 0.6 is 0 Å². The first-order valence-electron chi connectivity index (χ1n) is 6.07. The molecule has 0 N–H and O–H groups in total. The van der Waals surface area contributed by atoms with E-state index in [1.807, 2.05) is 17.9 Å². The topological polar surface area (TPSA) is 63.5 Å². The Balaban J connectivity index is 2.33. The van der Waals surface area contributed by atoms with Crippen molar-refractivity contribution in [2.45, 2.75) is 19.8 Å². The highest BCUT2D eigenvalue weighted by atomic mass is 16.6. The first kappa shape index (κ1) is 12.5. The van der Waals surface area contributed by atoms with Gasteiger partial charge in [-0.3, -0.25) is 10.1 Å². The molecule has 1 unspecified atom stereocenters. The predicted octanol–water partition coefficient (Wildman–Crippen LogP) is 2.32. The van der Waals surface area contributed by atoms with Crippen LogP contribution in [0.15, 0.2) is 18.2 Å². The normalized spacial score (nSPS) is 19.6. The molecule has 1 aliphatic rings. The van der Waals surface area contributed by atoms with Crippen molar-refractivity contribution in [1.29, 1.82) is 0 Å². The maximum Gasteiger partial charge on any atom is 0.292 e. The molecule has 0 aromatic heterocycles. The molecule has 1 aromatic carbocycles. The molecule has 0 amide bonds. The number of piperidine rings is 1. The van der Waals surface area contributed by atoms with Crippen LogP contribution in [0.4, 0.5) is 11.4 Å². The Bertz CT molecular complexity index is 473. The fraction of sp³-hybridized carbons (Fsp3) is 0.462. The molecule has 0 saturated carbocycles. The molecule has 1 fully saturated rings. The number of rotatable bonds is 3. The van der Waals surface area contributed by atoms with E-state index < -0.39 is 0 Å². The molecular weight excluding hydrogens is 232 g/mol. The molecule has 18 heavy (non-hydrogen) atoms. The van der Waals surface area contributed by atoms with Crippen LogP contribution in [-0.2, 0) is 4.79 Å². The summed E-state index contributed by atoms with van der Waals surface area (Å²) in [6, 6.07) is 5.10. The minimum absolute atomic E-state index is 0.0149. The third kappa shape index (κ3) is 2.50. The van der Waals surface area contributed by atoms with Gasteiger partial charge in [0, 0.05) is 25.1 Å². The van der Waals surface area contributed by atoms with Gasteiger partial charge in [-0.05, 0) is 31.4 Å². The maximum absolute atomic E-state index is 11.0. The number of carbonyl (C=O) groups excluding carboxylic acids is 1. The van der Waals surface area contributed by atoms with E-state index in [4.69, 9.17) is 0 Å². The summed E-state index contributed by atoms with van der Waals surface area (Å²) >= 11 is 0. The lowest BCUT2D eigenvalue weighted by atomic mass is 9.98. The number of carbonyl (C=O) groups is 1. The molecule has 0 spiro atoms. The third-order valence-electron chi connectivity index (χ3n) is 3.32. The van der Waals surface area contributed by atoms with Crippen molar-refractivity contribution >= 4 is 17.7 Å². The standard InChI is InChI=1S/C13H16N2O3/c1-10-4-5-12(15(17)18)13(7-10)14-6-2-3-11(8-14)9-16/h4-5,7,9,11H,2-3,6,8H2,1H3. The van der Waals surface area contributed by atoms with E-state index in [0.717, 1.165) is 31.2 Å². The molecule has 0 radical (unpaired) electrons. The SMILES string of the molecule is Cc1ccc([N+](=O)[O-])c(N2CCCC(C=O)C2)c1. The molecule has 1 aliphatic heterocycles. The third-order valence-corrected chi connectivity index (χ3v) is 3.32. The van der Waals surface area contributed by atoms with E-state index in [1.54, 1.807) is 6.07 Å². The van der Waals surface area contributed by atoms with Gasteiger partial charge in [0.2, 0.25) is 0 Å². The molecule has 1 heterocycles. The summed E-state index contributed by atoms with van der Waals surface area (Å²) < 4.78 is 0. The van der Waals surface area contributed by atoms with Gasteiger partial charge >= 0.3 is 0 Å². The molecule has 0 aliphatic carbocycles. The van der Waals surface area contributed by atoms with Gasteiger partial charge in [-0.25, -0.2) is 0 Å². The van der Waals surface area contributed by atoms with E-state index in [9.17, 15) is 14.9 Å². The molecule has 96 valence electrons. The van der Waals surface area contributed by atoms with Crippen LogP contribution in [0.3, 0.4) is 0 Å². The molecule has 0 bridgehead atoms. The van der Waals surface area contributed by atoms with E-state index in [0.29, 0.717) is 12.2 Å². The largest absolute Gasteiger partial charge is 0.365 e. The Morgan fingerprint density at radius 3 is 2.94 bits per heavy atom. The molecule has 1 atom stereocenters. The molecule has 1 aromatic rings. The lowest BCUT2D eigenvalue weighted by molar-refractivity contribution is -0.384. The van der Waals surface area contributed by atoms with Crippen molar-refractivity contribution in [1.82, 2.24) is 0 Å². The highest BCUT2D eigenvalue weighted by Crippen LogP contribution is 2.31. The molecular formula is C13H16N2O3. The second kappa shape index (κ2) is 5.16. The fourth-order valence-electron chi connectivity index (χ4n) is 2.38. The highest BCUT2D eigenvalue weighted by molar-refractivity contribution is 5.66. The number of hydrogen-bond acceptors (Lipinski definition) is 4. The average Bonchev–Trinajstić information content (AvgIpc) is 2.38. The smallest absolute Gasteiger partial charge is 0.292 e. The van der Waals surface area contributed by atoms with E-state index in [1.165, 1.54) is 6.07 Å². The fourth-order valence-corrected chi connectivity index (χ4v) is 2.38. The van der Waals surface area contributed by atoms with E-state index in [-0.39, 0.29) is 16.5 Å². The van der Waals surface area contributed by atoms with Crippen LogP contribution in [-0.4, -0.2) is 24.3 Å². The van der Waals surface area contributed by atoms with Crippen LogP contribution in [0, 0.1) is 23.0 Å². The number of nitro benzene ring substituents is 1. The van der Waals surface area contributed by atoms with Gasteiger partial charge in [0.15, 0.2) is 0 Å². The molecule has 2 rings (SSSR count). The van der Waals surface area contributed by atoms with Crippen molar-refractivity contribution in [3.05, 3.63) is 33.9 Å². The van der Waals surface area contributed by atoms with Crippen LogP contribution in [0.2, 0.25) is 0 Å². The van der Waals surface area contributed by atoms with E-state index >= 15 is 0 Å². The Morgan fingerprint density at radius 2 is 2.28 bits per heavy atom.